The summed E-state index contributed by atoms with van der Waals surface area (Å²) in [5, 5.41) is 0. The second-order valence-electron chi connectivity index (χ2n) is 6.34. The van der Waals surface area contributed by atoms with E-state index in [9.17, 15) is 0 Å². The first kappa shape index (κ1) is 16.8. The normalized spacial score (nSPS) is 11.1. The topological polar surface area (TPSA) is 9.23 Å². The van der Waals surface area contributed by atoms with Crippen LogP contribution in [-0.2, 0) is 11.3 Å². The van der Waals surface area contributed by atoms with Gasteiger partial charge in [-0.3, -0.25) is 0 Å². The minimum atomic E-state index is 0.573. The van der Waals surface area contributed by atoms with Crippen molar-refractivity contribution in [2.24, 2.45) is 0 Å². The molecule has 0 bridgehead atoms. The summed E-state index contributed by atoms with van der Waals surface area (Å²) in [5.41, 5.74) is 6.53. The zero-order valence-corrected chi connectivity index (χ0v) is 14.4. The van der Waals surface area contributed by atoms with Gasteiger partial charge in [-0.1, -0.05) is 75.2 Å². The van der Waals surface area contributed by atoms with Gasteiger partial charge in [0.2, 0.25) is 0 Å². The van der Waals surface area contributed by atoms with Crippen molar-refractivity contribution in [1.82, 2.24) is 0 Å². The van der Waals surface area contributed by atoms with Crippen LogP contribution in [0.4, 0.5) is 0 Å². The van der Waals surface area contributed by atoms with Crippen molar-refractivity contribution in [3.05, 3.63) is 59.2 Å². The fourth-order valence-corrected chi connectivity index (χ4v) is 2.60. The molecule has 2 aromatic carbocycles. The molecular weight excluding hydrogens is 268 g/mol. The first-order valence-electron chi connectivity index (χ1n) is 8.39. The van der Waals surface area contributed by atoms with Crippen molar-refractivity contribution in [2.45, 2.75) is 53.1 Å². The van der Waals surface area contributed by atoms with Crippen LogP contribution in [-0.4, -0.2) is 6.61 Å². The zero-order chi connectivity index (χ0) is 15.9. The monoisotopic (exact) mass is 296 g/mol. The lowest BCUT2D eigenvalue weighted by atomic mass is 9.95. The molecule has 0 atom stereocenters. The van der Waals surface area contributed by atoms with Crippen LogP contribution in [0, 0.1) is 6.92 Å². The summed E-state index contributed by atoms with van der Waals surface area (Å²) in [4.78, 5) is 0. The number of hydrogen-bond donors (Lipinski definition) is 0. The molecular formula is C21H28O. The molecule has 0 radical (unpaired) electrons. The van der Waals surface area contributed by atoms with Gasteiger partial charge in [0.05, 0.1) is 6.61 Å². The Morgan fingerprint density at radius 2 is 1.73 bits per heavy atom. The molecule has 1 nitrogen and oxygen atoms in total. The van der Waals surface area contributed by atoms with E-state index >= 15 is 0 Å². The molecule has 0 aliphatic rings. The van der Waals surface area contributed by atoms with Crippen molar-refractivity contribution in [3.63, 3.8) is 0 Å². The third-order valence-corrected chi connectivity index (χ3v) is 4.05. The summed E-state index contributed by atoms with van der Waals surface area (Å²) >= 11 is 0. The van der Waals surface area contributed by atoms with Gasteiger partial charge in [-0.15, -0.1) is 0 Å². The average molecular weight is 296 g/mol. The Kier molecular flexibility index (Phi) is 6.21. The Bertz CT molecular complexity index is 581. The lowest BCUT2D eigenvalue weighted by molar-refractivity contribution is 0.118. The molecule has 118 valence electrons. The van der Waals surface area contributed by atoms with E-state index in [1.165, 1.54) is 34.2 Å². The number of ether oxygens (including phenoxy) is 1. The molecule has 0 heterocycles. The van der Waals surface area contributed by atoms with Crippen LogP contribution in [0.15, 0.2) is 42.5 Å². The predicted octanol–water partition coefficient (Wildman–Crippen LogP) is 6.10. The average Bonchev–Trinajstić information content (AvgIpc) is 2.52. The Labute approximate surface area is 135 Å². The van der Waals surface area contributed by atoms with Crippen LogP contribution in [0.1, 0.15) is 56.2 Å². The van der Waals surface area contributed by atoms with Gasteiger partial charge in [-0.05, 0) is 41.5 Å². The SMILES string of the molecule is CCCCOCc1cc(C)ccc1-c1ccc(C(C)C)cc1. The van der Waals surface area contributed by atoms with Crippen LogP contribution in [0.2, 0.25) is 0 Å². The first-order valence-corrected chi connectivity index (χ1v) is 8.39. The second kappa shape index (κ2) is 8.14. The molecule has 0 aliphatic heterocycles. The molecule has 0 N–H and O–H groups in total. The number of unbranched alkanes of at least 4 members (excludes halogenated alkanes) is 1. The minimum absolute atomic E-state index is 0.573. The highest BCUT2D eigenvalue weighted by Gasteiger charge is 2.07. The Balaban J connectivity index is 2.21. The van der Waals surface area contributed by atoms with Crippen LogP contribution in [0.5, 0.6) is 0 Å². The van der Waals surface area contributed by atoms with E-state index in [4.69, 9.17) is 4.74 Å². The molecule has 0 aliphatic carbocycles. The van der Waals surface area contributed by atoms with Crippen LogP contribution < -0.4 is 0 Å². The predicted molar refractivity (Wildman–Crippen MR) is 95.3 cm³/mol. The molecule has 2 rings (SSSR count). The fourth-order valence-electron chi connectivity index (χ4n) is 2.60. The molecule has 0 aromatic heterocycles. The summed E-state index contributed by atoms with van der Waals surface area (Å²) in [6.45, 7) is 10.3. The van der Waals surface area contributed by atoms with Crippen molar-refractivity contribution >= 4 is 0 Å². The molecule has 1 heteroatoms. The van der Waals surface area contributed by atoms with Crippen molar-refractivity contribution in [2.75, 3.05) is 6.61 Å². The van der Waals surface area contributed by atoms with Gasteiger partial charge in [0, 0.05) is 6.61 Å². The van der Waals surface area contributed by atoms with E-state index in [-0.39, 0.29) is 0 Å². The maximum absolute atomic E-state index is 5.84. The maximum atomic E-state index is 5.84. The highest BCUT2D eigenvalue weighted by molar-refractivity contribution is 5.68. The van der Waals surface area contributed by atoms with Crippen LogP contribution in [0.3, 0.4) is 0 Å². The molecule has 0 fully saturated rings. The molecule has 2 aromatic rings. The van der Waals surface area contributed by atoms with Crippen molar-refractivity contribution in [3.8, 4) is 11.1 Å². The second-order valence-corrected chi connectivity index (χ2v) is 6.34. The quantitative estimate of drug-likeness (QED) is 0.561. The van der Waals surface area contributed by atoms with Crippen LogP contribution >= 0.6 is 0 Å². The van der Waals surface area contributed by atoms with Gasteiger partial charge < -0.3 is 4.74 Å². The summed E-state index contributed by atoms with van der Waals surface area (Å²) < 4.78 is 5.84. The highest BCUT2D eigenvalue weighted by Crippen LogP contribution is 2.27. The molecule has 0 unspecified atom stereocenters. The highest BCUT2D eigenvalue weighted by atomic mass is 16.5. The largest absolute Gasteiger partial charge is 0.377 e. The third-order valence-electron chi connectivity index (χ3n) is 4.05. The third kappa shape index (κ3) is 4.45. The van der Waals surface area contributed by atoms with Gasteiger partial charge in [0.15, 0.2) is 0 Å². The van der Waals surface area contributed by atoms with Crippen molar-refractivity contribution in [1.29, 1.82) is 0 Å². The molecule has 0 saturated heterocycles. The van der Waals surface area contributed by atoms with Gasteiger partial charge in [-0.25, -0.2) is 0 Å². The number of rotatable bonds is 7. The van der Waals surface area contributed by atoms with Crippen molar-refractivity contribution < 1.29 is 4.74 Å². The van der Waals surface area contributed by atoms with Gasteiger partial charge in [-0.2, -0.15) is 0 Å². The summed E-state index contributed by atoms with van der Waals surface area (Å²) in [6, 6.07) is 15.6. The summed E-state index contributed by atoms with van der Waals surface area (Å²) in [7, 11) is 0. The number of aryl methyl sites for hydroxylation is 1. The van der Waals surface area contributed by atoms with Gasteiger partial charge >= 0.3 is 0 Å². The lowest BCUT2D eigenvalue weighted by Gasteiger charge is -2.13. The van der Waals surface area contributed by atoms with E-state index < -0.39 is 0 Å². The smallest absolute Gasteiger partial charge is 0.0722 e. The van der Waals surface area contributed by atoms with E-state index in [0.29, 0.717) is 12.5 Å². The molecule has 0 saturated carbocycles. The maximum Gasteiger partial charge on any atom is 0.0722 e. The van der Waals surface area contributed by atoms with E-state index in [2.05, 4.69) is 70.2 Å². The Hall–Kier alpha value is -1.60. The fraction of sp³-hybridized carbons (Fsp3) is 0.429. The first-order chi connectivity index (χ1) is 10.6. The summed E-state index contributed by atoms with van der Waals surface area (Å²) in [5.74, 6) is 0.573. The van der Waals surface area contributed by atoms with Gasteiger partial charge in [0.25, 0.3) is 0 Å². The Morgan fingerprint density at radius 3 is 2.36 bits per heavy atom. The van der Waals surface area contributed by atoms with E-state index in [1.54, 1.807) is 0 Å². The summed E-state index contributed by atoms with van der Waals surface area (Å²) in [6.07, 6.45) is 2.31. The lowest BCUT2D eigenvalue weighted by Crippen LogP contribution is -1.98. The van der Waals surface area contributed by atoms with Crippen LogP contribution in [0.25, 0.3) is 11.1 Å². The van der Waals surface area contributed by atoms with E-state index in [1.807, 2.05) is 0 Å². The number of hydrogen-bond acceptors (Lipinski definition) is 1. The molecule has 22 heavy (non-hydrogen) atoms. The van der Waals surface area contributed by atoms with Gasteiger partial charge in [0.1, 0.15) is 0 Å². The number of benzene rings is 2. The van der Waals surface area contributed by atoms with E-state index in [0.717, 1.165) is 13.0 Å². The molecule has 0 spiro atoms. The minimum Gasteiger partial charge on any atom is -0.377 e. The zero-order valence-electron chi connectivity index (χ0n) is 14.4. The molecule has 0 amide bonds. The Morgan fingerprint density at radius 1 is 1.00 bits per heavy atom. The standard InChI is InChI=1S/C21H28O/c1-5-6-13-22-15-20-14-17(4)7-12-21(20)19-10-8-18(9-11-19)16(2)3/h7-12,14,16H,5-6,13,15H2,1-4H3.